The SMILES string of the molecule is CCCCNC(=O)Nc1ccc(C)cc1.CCCNC(=O)Nc1ccc(C)cc1.COC(=O)Nc1ccc(C)cc1.Cc1ccc(N2CCCC2=O)cc1.Cc1ccc(N2CCN(C)S2(=O)=O)cc1.Cc1ccc(NC(=O)NC(C)C)cc1.Cc1ccc(NC(=O)NC2CCCC2)cc1.Cc1ccc(NC(=O)c2ccno2)cc1.Cc1cccc(NS(C)(=O)=O)c1. The molecule has 1 aliphatic carbocycles. The second kappa shape index (κ2) is 55.2. The average molecular weight is 1760 g/mol. The number of aromatic nitrogens is 1. The highest BCUT2D eigenvalue weighted by Crippen LogP contribution is 2.26. The number of unbranched alkanes of at least 4 members (excludes halogenated alkanes) is 1. The minimum absolute atomic E-state index is 0.0873. The third-order valence-corrected chi connectivity index (χ3v) is 21.0. The van der Waals surface area contributed by atoms with Crippen molar-refractivity contribution in [3.63, 3.8) is 0 Å². The molecule has 0 atom stereocenters. The van der Waals surface area contributed by atoms with Gasteiger partial charge >= 0.3 is 40.4 Å². The third-order valence-electron chi connectivity index (χ3n) is 18.5. The highest BCUT2D eigenvalue weighted by molar-refractivity contribution is 7.92. The van der Waals surface area contributed by atoms with Crippen LogP contribution in [0.3, 0.4) is 0 Å². The molecule has 0 spiro atoms. The van der Waals surface area contributed by atoms with Gasteiger partial charge in [-0.3, -0.25) is 23.9 Å². The second-order valence-electron chi connectivity index (χ2n) is 30.6. The summed E-state index contributed by atoms with van der Waals surface area (Å²) in [6.45, 7) is 29.4. The van der Waals surface area contributed by atoms with E-state index in [0.717, 1.165) is 126 Å². The van der Waals surface area contributed by atoms with E-state index in [-0.39, 0.29) is 47.7 Å². The molecule has 1 saturated carbocycles. The molecule has 9 aromatic carbocycles. The lowest BCUT2D eigenvalue weighted by molar-refractivity contribution is -0.117. The Morgan fingerprint density at radius 2 is 0.881 bits per heavy atom. The van der Waals surface area contributed by atoms with Gasteiger partial charge in [0, 0.05) is 110 Å². The van der Waals surface area contributed by atoms with E-state index in [4.69, 9.17) is 4.52 Å². The fourth-order valence-corrected chi connectivity index (χ4v) is 13.4. The molecule has 11 amide bonds. The maximum Gasteiger partial charge on any atom is 0.411 e. The van der Waals surface area contributed by atoms with Crippen LogP contribution in [-0.4, -0.2) is 134 Å². The number of methoxy groups -OCH3 is 1. The molecule has 676 valence electrons. The molecule has 28 nitrogen and oxygen atoms in total. The van der Waals surface area contributed by atoms with Gasteiger partial charge in [0.25, 0.3) is 5.91 Å². The number of aryl methyl sites for hydroxylation is 9. The van der Waals surface area contributed by atoms with E-state index >= 15 is 0 Å². The molecule has 3 aliphatic rings. The molecule has 11 N–H and O–H groups in total. The first-order chi connectivity index (χ1) is 60.0. The van der Waals surface area contributed by atoms with Crippen molar-refractivity contribution in [3.05, 3.63) is 286 Å². The number of nitrogens with one attached hydrogen (secondary N) is 11. The first kappa shape index (κ1) is 103. The lowest BCUT2D eigenvalue weighted by atomic mass is 10.2. The summed E-state index contributed by atoms with van der Waals surface area (Å²) in [5.41, 5.74) is 17.6. The van der Waals surface area contributed by atoms with Gasteiger partial charge in [-0.15, -0.1) is 0 Å². The third kappa shape index (κ3) is 42.3. The van der Waals surface area contributed by atoms with Crippen molar-refractivity contribution in [1.82, 2.24) is 30.7 Å². The molecule has 0 unspecified atom stereocenters. The minimum Gasteiger partial charge on any atom is -0.453 e. The van der Waals surface area contributed by atoms with E-state index in [9.17, 15) is 50.4 Å². The Labute approximate surface area is 744 Å². The van der Waals surface area contributed by atoms with E-state index < -0.39 is 26.3 Å². The number of rotatable bonds is 18. The summed E-state index contributed by atoms with van der Waals surface area (Å²) >= 11 is 0. The highest BCUT2D eigenvalue weighted by atomic mass is 32.2. The van der Waals surface area contributed by atoms with E-state index in [0.29, 0.717) is 37.8 Å². The normalized spacial score (nSPS) is 12.7. The fraction of sp³-hybridized carbons (Fsp3) is 0.333. The second-order valence-corrected chi connectivity index (χ2v) is 34.3. The predicted octanol–water partition coefficient (Wildman–Crippen LogP) is 19.9. The first-order valence-corrected chi connectivity index (χ1v) is 45.2. The van der Waals surface area contributed by atoms with E-state index in [1.54, 1.807) is 19.2 Å². The summed E-state index contributed by atoms with van der Waals surface area (Å²) in [5.74, 6) is 0.163. The number of carbonyl (C=O) groups is 7. The summed E-state index contributed by atoms with van der Waals surface area (Å²) in [7, 11) is -3.47. The van der Waals surface area contributed by atoms with Gasteiger partial charge in [-0.05, 0) is 223 Å². The molecule has 3 heterocycles. The van der Waals surface area contributed by atoms with Crippen molar-refractivity contribution < 1.29 is 59.7 Å². The molecule has 3 fully saturated rings. The number of urea groups is 4. The number of hydrogen-bond donors (Lipinski definition) is 11. The van der Waals surface area contributed by atoms with Gasteiger partial charge in [0.05, 0.1) is 25.2 Å². The molecule has 1 aromatic heterocycles. The molecule has 2 aliphatic heterocycles. The maximum absolute atomic E-state index is 11.8. The van der Waals surface area contributed by atoms with E-state index in [1.807, 2.05) is 287 Å². The molecule has 10 aromatic rings. The molecular formula is C96H127N15O13S2. The summed E-state index contributed by atoms with van der Waals surface area (Å²) in [6.07, 6.45) is 11.6. The number of ether oxygens (including phenoxy) is 1. The summed E-state index contributed by atoms with van der Waals surface area (Å²) < 4.78 is 59.6. The number of anilines is 9. The van der Waals surface area contributed by atoms with E-state index in [1.165, 1.54) is 68.6 Å². The van der Waals surface area contributed by atoms with Gasteiger partial charge in [0.1, 0.15) is 0 Å². The minimum atomic E-state index is -3.27. The van der Waals surface area contributed by atoms with E-state index in [2.05, 4.69) is 81.6 Å². The molecule has 13 rings (SSSR count). The Kier molecular flexibility index (Phi) is 45.4. The largest absolute Gasteiger partial charge is 0.453 e. The lowest BCUT2D eigenvalue weighted by Crippen LogP contribution is -2.36. The van der Waals surface area contributed by atoms with Crippen LogP contribution < -0.4 is 67.1 Å². The van der Waals surface area contributed by atoms with Gasteiger partial charge in [-0.2, -0.15) is 12.7 Å². The topological polar surface area (TPSA) is 365 Å². The van der Waals surface area contributed by atoms with Crippen molar-refractivity contribution in [3.8, 4) is 0 Å². The monoisotopic (exact) mass is 1760 g/mol. The average Bonchev–Trinajstić information content (AvgIpc) is 1.59. The highest BCUT2D eigenvalue weighted by Gasteiger charge is 2.34. The van der Waals surface area contributed by atoms with Gasteiger partial charge in [-0.25, -0.2) is 32.4 Å². The number of hydrogen-bond acceptors (Lipinski definition) is 14. The van der Waals surface area contributed by atoms with Gasteiger partial charge in [-0.1, -0.05) is 192 Å². The Morgan fingerprint density at radius 3 is 1.25 bits per heavy atom. The number of sulfonamides is 1. The maximum atomic E-state index is 11.8. The first-order valence-electron chi connectivity index (χ1n) is 41.9. The Balaban J connectivity index is 0.000000252. The van der Waals surface area contributed by atoms with Crippen LogP contribution in [0.25, 0.3) is 0 Å². The van der Waals surface area contributed by atoms with Crippen LogP contribution in [0, 0.1) is 62.3 Å². The molecule has 126 heavy (non-hydrogen) atoms. The molecule has 2 saturated heterocycles. The zero-order valence-corrected chi connectivity index (χ0v) is 77.0. The van der Waals surface area contributed by atoms with Crippen LogP contribution in [0.2, 0.25) is 0 Å². The Bertz CT molecular complexity index is 5160. The smallest absolute Gasteiger partial charge is 0.411 e. The van der Waals surface area contributed by atoms with Crippen LogP contribution in [0.4, 0.5) is 75.2 Å². The molecule has 30 heteroatoms. The van der Waals surface area contributed by atoms with Crippen LogP contribution >= 0.6 is 0 Å². The number of amides is 11. The quantitative estimate of drug-likeness (QED) is 0.0356. The van der Waals surface area contributed by atoms with Gasteiger partial charge < -0.3 is 62.0 Å². The number of nitrogens with zero attached hydrogens (tertiary/aromatic N) is 4. The van der Waals surface area contributed by atoms with Crippen molar-refractivity contribution in [2.75, 3.05) is 99.0 Å². The molecular weight excluding hydrogens is 1640 g/mol. The predicted molar refractivity (Wildman–Crippen MR) is 511 cm³/mol. The molecule has 0 bridgehead atoms. The standard InChI is InChI=1S/C13H18N2O.C12H18N2O.C11H10N2O2.2C11H16N2O.C11H13NO.C10H14N2O2S.C9H11NO2.C8H11NO2S/c1-10-6-8-12(9-7-10)15-13(16)14-11-4-2-3-5-11;1-3-4-9-13-12(15)14-11-7-5-10(2)6-8-11;1-8-2-4-9(5-3-8)13-11(14)10-6-7-12-15-10;1-8(2)12-11(14)13-10-6-4-9(3)5-7-10;1-3-8-12-11(14)13-10-6-4-9(2)5-7-10;1-9-4-6-10(7-5-9)12-8-2-3-11(12)13;1-9-3-5-10(6-4-9)12-8-7-11(2)15(12,13)14;1-7-3-5-8(6-4-7)10-9(11)12-2;1-7-4-3-5-8(6-7)9-12(2,10)11/h6-9,11H,2-5H2,1H3,(H2,14,15,16);5-8H,3-4,9H2,1-2H3,(H2,13,14,15);2-7H,1H3,(H,13,14);4-8H,1-3H3,(H2,12,13,14);4-7H,3,8H2,1-2H3,(H2,12,13,14);4-7H,2-3,8H2,1H3;3-6H,7-8H2,1-2H3;3-6H,1-2H3,(H,10,11);3-6,9H,1-2H3. The Morgan fingerprint density at radius 1 is 0.476 bits per heavy atom. The van der Waals surface area contributed by atoms with Crippen LogP contribution in [0.5, 0.6) is 0 Å². The van der Waals surface area contributed by atoms with Crippen molar-refractivity contribution in [2.45, 2.75) is 160 Å². The van der Waals surface area contributed by atoms with Crippen LogP contribution in [0.1, 0.15) is 146 Å². The number of benzene rings is 9. The van der Waals surface area contributed by atoms with Gasteiger partial charge in [0.15, 0.2) is 0 Å². The molecule has 0 radical (unpaired) electrons. The summed E-state index contributed by atoms with van der Waals surface area (Å²) in [4.78, 5) is 81.0. The number of likely N-dealkylation sites (N-methyl/N-ethyl adjacent to an activating group) is 1. The van der Waals surface area contributed by atoms with Crippen molar-refractivity contribution >= 4 is 113 Å². The Hall–Kier alpha value is -13.1. The number of carbonyl (C=O) groups excluding carboxylic acids is 7. The summed E-state index contributed by atoms with van der Waals surface area (Å²) in [6, 6.07) is 70.4. The lowest BCUT2D eigenvalue weighted by Gasteiger charge is -2.17. The zero-order chi connectivity index (χ0) is 92.6. The fourth-order valence-electron chi connectivity index (χ4n) is 11.5. The van der Waals surface area contributed by atoms with Gasteiger partial charge in [0.2, 0.25) is 21.7 Å². The zero-order valence-electron chi connectivity index (χ0n) is 75.4. The summed E-state index contributed by atoms with van der Waals surface area (Å²) in [5, 5.41) is 31.1. The van der Waals surface area contributed by atoms with Crippen LogP contribution in [0.15, 0.2) is 235 Å². The van der Waals surface area contributed by atoms with Crippen molar-refractivity contribution in [2.24, 2.45) is 0 Å². The van der Waals surface area contributed by atoms with Crippen molar-refractivity contribution in [1.29, 1.82) is 0 Å². The van der Waals surface area contributed by atoms with Crippen LogP contribution in [-0.2, 0) is 29.8 Å².